The summed E-state index contributed by atoms with van der Waals surface area (Å²) < 4.78 is 39.5. The average molecular weight is 363 g/mol. The Hall–Kier alpha value is -3.43. The molecule has 7 nitrogen and oxygen atoms in total. The van der Waals surface area contributed by atoms with E-state index in [-0.39, 0.29) is 11.1 Å². The van der Waals surface area contributed by atoms with Crippen molar-refractivity contribution in [3.63, 3.8) is 0 Å². The second-order valence-electron chi connectivity index (χ2n) is 5.29. The van der Waals surface area contributed by atoms with Gasteiger partial charge >= 0.3 is 6.18 Å². The molecular formula is C16H12F3N5O2. The molecule has 2 aromatic carbocycles. The van der Waals surface area contributed by atoms with Crippen molar-refractivity contribution in [1.82, 2.24) is 20.4 Å². The molecule has 0 aliphatic rings. The van der Waals surface area contributed by atoms with Crippen molar-refractivity contribution in [2.75, 3.05) is 5.43 Å². The monoisotopic (exact) mass is 363 g/mol. The minimum absolute atomic E-state index is 0.283. The molecule has 0 saturated heterocycles. The van der Waals surface area contributed by atoms with Crippen LogP contribution in [0.1, 0.15) is 5.56 Å². The summed E-state index contributed by atoms with van der Waals surface area (Å²) in [5.74, 6) is -0.756. The predicted octanol–water partition coefficient (Wildman–Crippen LogP) is 1.95. The molecular weight excluding hydrogens is 351 g/mol. The Bertz CT molecular complexity index is 1020. The highest BCUT2D eigenvalue weighted by atomic mass is 19.4. The molecule has 3 rings (SSSR count). The summed E-state index contributed by atoms with van der Waals surface area (Å²) in [6.45, 7) is -0.502. The van der Waals surface area contributed by atoms with Gasteiger partial charge < -0.3 is 0 Å². The van der Waals surface area contributed by atoms with Crippen molar-refractivity contribution >= 4 is 22.5 Å². The van der Waals surface area contributed by atoms with Gasteiger partial charge in [-0.3, -0.25) is 20.4 Å². The summed E-state index contributed by atoms with van der Waals surface area (Å²) >= 11 is 0. The Labute approximate surface area is 144 Å². The Morgan fingerprint density at radius 3 is 2.54 bits per heavy atom. The van der Waals surface area contributed by atoms with Crippen LogP contribution in [0.15, 0.2) is 53.3 Å². The lowest BCUT2D eigenvalue weighted by molar-refractivity contribution is -0.137. The van der Waals surface area contributed by atoms with Crippen LogP contribution in [-0.4, -0.2) is 20.9 Å². The molecule has 10 heteroatoms. The molecule has 3 aromatic rings. The zero-order chi connectivity index (χ0) is 18.7. The third-order valence-electron chi connectivity index (χ3n) is 3.49. The van der Waals surface area contributed by atoms with Crippen LogP contribution in [0.4, 0.5) is 18.9 Å². The number of aromatic nitrogens is 3. The molecule has 0 aliphatic heterocycles. The fraction of sp³-hybridized carbons (Fsp3) is 0.125. The van der Waals surface area contributed by atoms with Crippen molar-refractivity contribution in [3.8, 4) is 0 Å². The molecule has 0 bridgehead atoms. The summed E-state index contributed by atoms with van der Waals surface area (Å²) in [7, 11) is 0. The molecule has 0 fully saturated rings. The number of carbonyl (C=O) groups excluding carboxylic acids is 1. The maximum atomic E-state index is 12.9. The number of hydrogen-bond acceptors (Lipinski definition) is 5. The highest BCUT2D eigenvalue weighted by molar-refractivity contribution is 5.79. The lowest BCUT2D eigenvalue weighted by Gasteiger charge is -2.15. The highest BCUT2D eigenvalue weighted by Gasteiger charge is 2.33. The van der Waals surface area contributed by atoms with Gasteiger partial charge in [0.15, 0.2) is 0 Å². The van der Waals surface area contributed by atoms with E-state index in [0.29, 0.717) is 5.52 Å². The molecule has 0 aliphatic carbocycles. The third kappa shape index (κ3) is 3.63. The van der Waals surface area contributed by atoms with E-state index in [1.165, 1.54) is 18.2 Å². The van der Waals surface area contributed by atoms with Gasteiger partial charge in [-0.15, -0.1) is 5.10 Å². The standard InChI is InChI=1S/C16H12F3N5O2/c17-16(18,19)11-6-2-4-8-13(11)20-22-14(25)9-24-15(26)10-5-1-3-7-12(10)21-23-24/h1-8,20H,9H2,(H,22,25). The molecule has 26 heavy (non-hydrogen) atoms. The van der Waals surface area contributed by atoms with E-state index in [0.717, 1.165) is 10.7 Å². The van der Waals surface area contributed by atoms with E-state index < -0.39 is 29.8 Å². The van der Waals surface area contributed by atoms with Gasteiger partial charge in [0, 0.05) is 0 Å². The quantitative estimate of drug-likeness (QED) is 0.692. The minimum Gasteiger partial charge on any atom is -0.298 e. The molecule has 134 valence electrons. The Kier molecular flexibility index (Phi) is 4.57. The fourth-order valence-electron chi connectivity index (χ4n) is 2.28. The number of nitrogens with zero attached hydrogens (tertiary/aromatic N) is 3. The maximum Gasteiger partial charge on any atom is 0.418 e. The van der Waals surface area contributed by atoms with Gasteiger partial charge in [-0.05, 0) is 24.3 Å². The number of benzene rings is 2. The van der Waals surface area contributed by atoms with Crippen molar-refractivity contribution in [2.24, 2.45) is 0 Å². The van der Waals surface area contributed by atoms with Gasteiger partial charge in [-0.1, -0.05) is 29.5 Å². The number of alkyl halides is 3. The van der Waals surface area contributed by atoms with Crippen LogP contribution in [0, 0.1) is 0 Å². The van der Waals surface area contributed by atoms with Crippen molar-refractivity contribution in [3.05, 3.63) is 64.4 Å². The van der Waals surface area contributed by atoms with Crippen LogP contribution in [0.3, 0.4) is 0 Å². The van der Waals surface area contributed by atoms with Gasteiger partial charge in [-0.25, -0.2) is 4.68 Å². The first-order valence-electron chi connectivity index (χ1n) is 7.40. The van der Waals surface area contributed by atoms with Crippen LogP contribution in [0.2, 0.25) is 0 Å². The number of hydrogen-bond donors (Lipinski definition) is 2. The van der Waals surface area contributed by atoms with Crippen LogP contribution in [0.5, 0.6) is 0 Å². The third-order valence-corrected chi connectivity index (χ3v) is 3.49. The smallest absolute Gasteiger partial charge is 0.298 e. The summed E-state index contributed by atoms with van der Waals surface area (Å²) in [5, 5.41) is 7.75. The highest BCUT2D eigenvalue weighted by Crippen LogP contribution is 2.34. The number of anilines is 1. The summed E-state index contributed by atoms with van der Waals surface area (Å²) in [4.78, 5) is 24.2. The van der Waals surface area contributed by atoms with Crippen LogP contribution in [0.25, 0.3) is 10.9 Å². The molecule has 0 spiro atoms. The number of fused-ring (bicyclic) bond motifs is 1. The van der Waals surface area contributed by atoms with Crippen LogP contribution in [-0.2, 0) is 17.5 Å². The van der Waals surface area contributed by atoms with E-state index in [2.05, 4.69) is 21.2 Å². The van der Waals surface area contributed by atoms with E-state index in [4.69, 9.17) is 0 Å². The predicted molar refractivity (Wildman–Crippen MR) is 87.0 cm³/mol. The molecule has 0 unspecified atom stereocenters. The molecule has 0 radical (unpaired) electrons. The van der Waals surface area contributed by atoms with Crippen LogP contribution < -0.4 is 16.4 Å². The number of carbonyl (C=O) groups is 1. The van der Waals surface area contributed by atoms with Gasteiger partial charge in [0.2, 0.25) is 0 Å². The van der Waals surface area contributed by atoms with Gasteiger partial charge in [-0.2, -0.15) is 13.2 Å². The first-order valence-corrected chi connectivity index (χ1v) is 7.40. The van der Waals surface area contributed by atoms with Crippen LogP contribution >= 0.6 is 0 Å². The van der Waals surface area contributed by atoms with Gasteiger partial charge in [0.1, 0.15) is 12.1 Å². The summed E-state index contributed by atoms with van der Waals surface area (Å²) in [6, 6.07) is 11.2. The second-order valence-corrected chi connectivity index (χ2v) is 5.29. The first kappa shape index (κ1) is 17.4. The Morgan fingerprint density at radius 2 is 1.77 bits per heavy atom. The first-order chi connectivity index (χ1) is 12.4. The van der Waals surface area contributed by atoms with Gasteiger partial charge in [0.25, 0.3) is 11.5 Å². The van der Waals surface area contributed by atoms with Crippen molar-refractivity contribution in [1.29, 1.82) is 0 Å². The Morgan fingerprint density at radius 1 is 1.08 bits per heavy atom. The van der Waals surface area contributed by atoms with E-state index in [1.54, 1.807) is 24.3 Å². The number of hydrazine groups is 1. The molecule has 1 amide bonds. The number of nitrogens with one attached hydrogen (secondary N) is 2. The maximum absolute atomic E-state index is 12.9. The zero-order valence-electron chi connectivity index (χ0n) is 13.1. The molecule has 0 saturated carbocycles. The average Bonchev–Trinajstić information content (AvgIpc) is 2.62. The topological polar surface area (TPSA) is 88.9 Å². The summed E-state index contributed by atoms with van der Waals surface area (Å²) in [6.07, 6.45) is -4.57. The lowest BCUT2D eigenvalue weighted by Crippen LogP contribution is -2.37. The van der Waals surface area contributed by atoms with Crippen molar-refractivity contribution in [2.45, 2.75) is 12.7 Å². The zero-order valence-corrected chi connectivity index (χ0v) is 13.1. The molecule has 2 N–H and O–H groups in total. The molecule has 0 atom stereocenters. The van der Waals surface area contributed by atoms with Gasteiger partial charge in [0.05, 0.1) is 16.6 Å². The lowest BCUT2D eigenvalue weighted by atomic mass is 10.2. The Balaban J connectivity index is 1.73. The second kappa shape index (κ2) is 6.82. The number of rotatable bonds is 4. The minimum atomic E-state index is -4.57. The normalized spacial score (nSPS) is 11.3. The SMILES string of the molecule is O=C(Cn1nnc2ccccc2c1=O)NNc1ccccc1C(F)(F)F. The molecule has 1 aromatic heterocycles. The van der Waals surface area contributed by atoms with E-state index >= 15 is 0 Å². The number of para-hydroxylation sites is 1. The number of halogens is 3. The number of amides is 1. The van der Waals surface area contributed by atoms with Crippen molar-refractivity contribution < 1.29 is 18.0 Å². The van der Waals surface area contributed by atoms with E-state index in [1.807, 2.05) is 0 Å². The summed E-state index contributed by atoms with van der Waals surface area (Å²) in [5.41, 5.74) is 2.94. The van der Waals surface area contributed by atoms with E-state index in [9.17, 15) is 22.8 Å². The largest absolute Gasteiger partial charge is 0.418 e. The fourth-order valence-corrected chi connectivity index (χ4v) is 2.28. The molecule has 1 heterocycles.